The Balaban J connectivity index is 1.63. The zero-order valence-corrected chi connectivity index (χ0v) is 13.4. The summed E-state index contributed by atoms with van der Waals surface area (Å²) in [6, 6.07) is 0. The number of aromatic nitrogens is 3. The number of carbonyl (C=O) groups is 1. The summed E-state index contributed by atoms with van der Waals surface area (Å²) in [4.78, 5) is 24.5. The van der Waals surface area contributed by atoms with Crippen LogP contribution in [-0.2, 0) is 0 Å². The summed E-state index contributed by atoms with van der Waals surface area (Å²) in [6.07, 6.45) is 5.38. The third-order valence-corrected chi connectivity index (χ3v) is 3.76. The number of aryl methyl sites for hydroxylation is 1. The van der Waals surface area contributed by atoms with Crippen LogP contribution >= 0.6 is 0 Å². The molecule has 8 heteroatoms. The molecule has 0 spiro atoms. The topological polar surface area (TPSA) is 84.6 Å². The number of nitrogens with zero attached hydrogens (tertiary/aromatic N) is 5. The Bertz CT molecular complexity index is 700. The average Bonchev–Trinajstić information content (AvgIpc) is 3.16. The standard InChI is InChI=1S/C15H19N5O3/c1-10-12(6-17-23-10)15(21)20-5-4-11(9-20)22-14-8-16-7-13(18-14)19(2)3/h6-8,11H,4-5,9H2,1-3H3/t11-/m0/s1. The molecule has 1 aliphatic rings. The molecule has 3 heterocycles. The number of hydrogen-bond donors (Lipinski definition) is 0. The van der Waals surface area contributed by atoms with Gasteiger partial charge < -0.3 is 19.1 Å². The van der Waals surface area contributed by atoms with Crippen LogP contribution in [0.4, 0.5) is 5.82 Å². The smallest absolute Gasteiger partial charge is 0.259 e. The van der Waals surface area contributed by atoms with Crippen LogP contribution in [0.1, 0.15) is 22.5 Å². The summed E-state index contributed by atoms with van der Waals surface area (Å²) in [5, 5.41) is 3.65. The summed E-state index contributed by atoms with van der Waals surface area (Å²) in [6.45, 7) is 2.87. The number of anilines is 1. The first kappa shape index (κ1) is 15.3. The first-order valence-electron chi connectivity index (χ1n) is 7.41. The van der Waals surface area contributed by atoms with Crippen molar-refractivity contribution in [1.82, 2.24) is 20.0 Å². The number of ether oxygens (including phenoxy) is 1. The zero-order valence-electron chi connectivity index (χ0n) is 13.4. The van der Waals surface area contributed by atoms with Crippen LogP contribution in [-0.4, -0.2) is 59.2 Å². The van der Waals surface area contributed by atoms with E-state index in [9.17, 15) is 4.79 Å². The largest absolute Gasteiger partial charge is 0.471 e. The highest BCUT2D eigenvalue weighted by Crippen LogP contribution is 2.20. The van der Waals surface area contributed by atoms with E-state index in [4.69, 9.17) is 9.26 Å². The van der Waals surface area contributed by atoms with Crippen molar-refractivity contribution in [2.75, 3.05) is 32.1 Å². The minimum absolute atomic E-state index is 0.0806. The van der Waals surface area contributed by atoms with Crippen LogP contribution in [0.15, 0.2) is 23.1 Å². The molecule has 3 rings (SSSR count). The van der Waals surface area contributed by atoms with Gasteiger partial charge in [-0.05, 0) is 6.92 Å². The van der Waals surface area contributed by atoms with Gasteiger partial charge in [0.2, 0.25) is 5.88 Å². The normalized spacial score (nSPS) is 17.3. The fourth-order valence-corrected chi connectivity index (χ4v) is 2.46. The monoisotopic (exact) mass is 317 g/mol. The predicted molar refractivity (Wildman–Crippen MR) is 82.5 cm³/mol. The molecule has 23 heavy (non-hydrogen) atoms. The van der Waals surface area contributed by atoms with Crippen molar-refractivity contribution in [1.29, 1.82) is 0 Å². The summed E-state index contributed by atoms with van der Waals surface area (Å²) < 4.78 is 10.8. The van der Waals surface area contributed by atoms with Crippen molar-refractivity contribution in [3.8, 4) is 5.88 Å². The predicted octanol–water partition coefficient (Wildman–Crippen LogP) is 1.13. The Morgan fingerprint density at radius 1 is 1.39 bits per heavy atom. The molecule has 1 amide bonds. The van der Waals surface area contributed by atoms with Crippen molar-refractivity contribution in [3.05, 3.63) is 29.9 Å². The van der Waals surface area contributed by atoms with Gasteiger partial charge in [0.15, 0.2) is 5.82 Å². The lowest BCUT2D eigenvalue weighted by molar-refractivity contribution is 0.0769. The van der Waals surface area contributed by atoms with Crippen LogP contribution < -0.4 is 9.64 Å². The fourth-order valence-electron chi connectivity index (χ4n) is 2.46. The van der Waals surface area contributed by atoms with Gasteiger partial charge in [-0.1, -0.05) is 5.16 Å². The molecule has 2 aromatic rings. The van der Waals surface area contributed by atoms with Gasteiger partial charge in [-0.3, -0.25) is 9.78 Å². The molecule has 0 N–H and O–H groups in total. The summed E-state index contributed by atoms with van der Waals surface area (Å²) in [5.74, 6) is 1.65. The van der Waals surface area contributed by atoms with Gasteiger partial charge in [0.1, 0.15) is 17.4 Å². The minimum Gasteiger partial charge on any atom is -0.471 e. The molecule has 1 fully saturated rings. The Hall–Kier alpha value is -2.64. The number of likely N-dealkylation sites (tertiary alicyclic amines) is 1. The molecule has 0 unspecified atom stereocenters. The second-order valence-corrected chi connectivity index (χ2v) is 5.69. The number of amides is 1. The quantitative estimate of drug-likeness (QED) is 0.835. The molecule has 1 atom stereocenters. The molecule has 0 bridgehead atoms. The van der Waals surface area contributed by atoms with E-state index in [1.165, 1.54) is 6.20 Å². The summed E-state index contributed by atoms with van der Waals surface area (Å²) in [5.41, 5.74) is 0.500. The summed E-state index contributed by atoms with van der Waals surface area (Å²) in [7, 11) is 3.79. The van der Waals surface area contributed by atoms with Crippen LogP contribution in [0.2, 0.25) is 0 Å². The molecule has 1 aliphatic heterocycles. The lowest BCUT2D eigenvalue weighted by Crippen LogP contribution is -2.31. The highest BCUT2D eigenvalue weighted by molar-refractivity contribution is 5.94. The lowest BCUT2D eigenvalue weighted by Gasteiger charge is -2.17. The molecule has 1 saturated heterocycles. The molecule has 8 nitrogen and oxygen atoms in total. The Kier molecular flexibility index (Phi) is 4.14. The maximum atomic E-state index is 12.4. The first-order chi connectivity index (χ1) is 11.0. The van der Waals surface area contributed by atoms with E-state index in [1.54, 1.807) is 24.2 Å². The number of rotatable bonds is 4. The van der Waals surface area contributed by atoms with Crippen LogP contribution in [0, 0.1) is 6.92 Å². The van der Waals surface area contributed by atoms with Crippen molar-refractivity contribution in [2.45, 2.75) is 19.4 Å². The Morgan fingerprint density at radius 3 is 2.91 bits per heavy atom. The molecule has 0 aromatic carbocycles. The molecule has 122 valence electrons. The van der Waals surface area contributed by atoms with Crippen molar-refractivity contribution in [3.63, 3.8) is 0 Å². The maximum Gasteiger partial charge on any atom is 0.259 e. The van der Waals surface area contributed by atoms with Crippen molar-refractivity contribution in [2.24, 2.45) is 0 Å². The third-order valence-electron chi connectivity index (χ3n) is 3.76. The van der Waals surface area contributed by atoms with E-state index in [2.05, 4.69) is 15.1 Å². The van der Waals surface area contributed by atoms with Crippen LogP contribution in [0.3, 0.4) is 0 Å². The van der Waals surface area contributed by atoms with E-state index in [1.807, 2.05) is 19.0 Å². The fraction of sp³-hybridized carbons (Fsp3) is 0.467. The van der Waals surface area contributed by atoms with Crippen molar-refractivity contribution < 1.29 is 14.1 Å². The SMILES string of the molecule is Cc1oncc1C(=O)N1CC[C@H](Oc2cncc(N(C)C)n2)C1. The second-order valence-electron chi connectivity index (χ2n) is 5.69. The highest BCUT2D eigenvalue weighted by Gasteiger charge is 2.30. The molecule has 0 aliphatic carbocycles. The van der Waals surface area contributed by atoms with Crippen LogP contribution in [0.25, 0.3) is 0 Å². The van der Waals surface area contributed by atoms with Gasteiger partial charge in [0.05, 0.1) is 25.1 Å². The molecular weight excluding hydrogens is 298 g/mol. The van der Waals surface area contributed by atoms with E-state index < -0.39 is 0 Å². The number of hydrogen-bond acceptors (Lipinski definition) is 7. The van der Waals surface area contributed by atoms with Crippen molar-refractivity contribution >= 4 is 11.7 Å². The zero-order chi connectivity index (χ0) is 16.4. The van der Waals surface area contributed by atoms with Gasteiger partial charge in [-0.15, -0.1) is 0 Å². The molecule has 2 aromatic heterocycles. The highest BCUT2D eigenvalue weighted by atomic mass is 16.5. The molecular formula is C15H19N5O3. The van der Waals surface area contributed by atoms with Gasteiger partial charge in [0.25, 0.3) is 5.91 Å². The number of carbonyl (C=O) groups excluding carboxylic acids is 1. The van der Waals surface area contributed by atoms with E-state index in [0.29, 0.717) is 30.3 Å². The van der Waals surface area contributed by atoms with Gasteiger partial charge >= 0.3 is 0 Å². The van der Waals surface area contributed by atoms with E-state index in [-0.39, 0.29) is 12.0 Å². The van der Waals surface area contributed by atoms with E-state index in [0.717, 1.165) is 12.2 Å². The first-order valence-corrected chi connectivity index (χ1v) is 7.41. The minimum atomic E-state index is -0.0918. The molecule has 0 radical (unpaired) electrons. The maximum absolute atomic E-state index is 12.4. The van der Waals surface area contributed by atoms with Crippen LogP contribution in [0.5, 0.6) is 5.88 Å². The summed E-state index contributed by atoms with van der Waals surface area (Å²) >= 11 is 0. The van der Waals surface area contributed by atoms with Gasteiger partial charge in [-0.25, -0.2) is 0 Å². The van der Waals surface area contributed by atoms with Gasteiger partial charge in [-0.2, -0.15) is 4.98 Å². The second kappa shape index (κ2) is 6.23. The molecule has 0 saturated carbocycles. The Morgan fingerprint density at radius 2 is 2.22 bits per heavy atom. The average molecular weight is 317 g/mol. The lowest BCUT2D eigenvalue weighted by atomic mass is 10.2. The Labute approximate surface area is 134 Å². The third kappa shape index (κ3) is 3.25. The van der Waals surface area contributed by atoms with E-state index >= 15 is 0 Å². The van der Waals surface area contributed by atoms with Gasteiger partial charge in [0, 0.05) is 27.1 Å².